The Labute approximate surface area is 79.3 Å². The second-order valence-electron chi connectivity index (χ2n) is 4.26. The van der Waals surface area contributed by atoms with E-state index in [1.807, 2.05) is 0 Å². The number of nitrogens with two attached hydrogens (primary N) is 1. The van der Waals surface area contributed by atoms with E-state index >= 15 is 0 Å². The maximum atomic E-state index is 11.5. The number of rotatable bonds is 2. The molecule has 0 radical (unpaired) electrons. The van der Waals surface area contributed by atoms with Crippen molar-refractivity contribution in [1.82, 2.24) is 4.90 Å². The number of nitrogens with zero attached hydrogens (tertiary/aromatic N) is 1. The number of carbonyl (C=O) groups excluding carboxylic acids is 1. The van der Waals surface area contributed by atoms with Gasteiger partial charge in [-0.05, 0) is 38.3 Å². The quantitative estimate of drug-likeness (QED) is 0.672. The molecule has 2 aliphatic rings. The maximum absolute atomic E-state index is 11.5. The molecule has 0 bridgehead atoms. The molecule has 3 heteroatoms. The van der Waals surface area contributed by atoms with Crippen molar-refractivity contribution in [3.8, 4) is 0 Å². The minimum Gasteiger partial charge on any atom is -0.330 e. The number of ketones is 1. The van der Waals surface area contributed by atoms with E-state index in [9.17, 15) is 4.79 Å². The lowest BCUT2D eigenvalue weighted by Gasteiger charge is -2.21. The van der Waals surface area contributed by atoms with Gasteiger partial charge in [-0.1, -0.05) is 0 Å². The fraction of sp³-hybridized carbons (Fsp3) is 0.900. The van der Waals surface area contributed by atoms with E-state index in [2.05, 4.69) is 4.90 Å². The van der Waals surface area contributed by atoms with Gasteiger partial charge in [0.15, 0.2) is 0 Å². The Bertz CT molecular complexity index is 205. The SMILES string of the molecule is NCC1CCN(C2CCCC2=O)C1. The molecule has 1 aliphatic heterocycles. The Balaban J connectivity index is 1.91. The molecule has 0 aromatic rings. The first-order chi connectivity index (χ1) is 6.31. The first kappa shape index (κ1) is 9.16. The van der Waals surface area contributed by atoms with Crippen LogP contribution in [0.5, 0.6) is 0 Å². The zero-order valence-electron chi connectivity index (χ0n) is 8.04. The van der Waals surface area contributed by atoms with Gasteiger partial charge in [-0.25, -0.2) is 0 Å². The van der Waals surface area contributed by atoms with E-state index in [0.717, 1.165) is 38.9 Å². The van der Waals surface area contributed by atoms with E-state index in [-0.39, 0.29) is 6.04 Å². The summed E-state index contributed by atoms with van der Waals surface area (Å²) in [5.74, 6) is 1.09. The van der Waals surface area contributed by atoms with Crippen LogP contribution in [0, 0.1) is 5.92 Å². The van der Waals surface area contributed by atoms with Crippen molar-refractivity contribution in [2.75, 3.05) is 19.6 Å². The van der Waals surface area contributed by atoms with Crippen molar-refractivity contribution in [2.24, 2.45) is 11.7 Å². The van der Waals surface area contributed by atoms with Gasteiger partial charge in [0, 0.05) is 13.0 Å². The second kappa shape index (κ2) is 3.76. The minimum absolute atomic E-state index is 0.247. The largest absolute Gasteiger partial charge is 0.330 e. The highest BCUT2D eigenvalue weighted by Gasteiger charge is 2.34. The average molecular weight is 182 g/mol. The van der Waals surface area contributed by atoms with Crippen LogP contribution in [-0.4, -0.2) is 36.4 Å². The lowest BCUT2D eigenvalue weighted by Crippen LogP contribution is -2.36. The van der Waals surface area contributed by atoms with Gasteiger partial charge in [0.25, 0.3) is 0 Å². The van der Waals surface area contributed by atoms with E-state index < -0.39 is 0 Å². The number of hydrogen-bond donors (Lipinski definition) is 1. The van der Waals surface area contributed by atoms with Crippen molar-refractivity contribution in [3.05, 3.63) is 0 Å². The van der Waals surface area contributed by atoms with Gasteiger partial charge < -0.3 is 5.73 Å². The zero-order valence-corrected chi connectivity index (χ0v) is 8.04. The average Bonchev–Trinajstić information content (AvgIpc) is 2.71. The molecule has 2 fully saturated rings. The summed E-state index contributed by atoms with van der Waals surface area (Å²) in [6.45, 7) is 2.91. The van der Waals surface area contributed by atoms with Crippen LogP contribution in [0.2, 0.25) is 0 Å². The number of hydrogen-bond acceptors (Lipinski definition) is 3. The molecule has 2 atom stereocenters. The molecule has 3 nitrogen and oxygen atoms in total. The van der Waals surface area contributed by atoms with Crippen LogP contribution >= 0.6 is 0 Å². The highest BCUT2D eigenvalue weighted by Crippen LogP contribution is 2.25. The van der Waals surface area contributed by atoms with Gasteiger partial charge in [-0.2, -0.15) is 0 Å². The summed E-state index contributed by atoms with van der Waals surface area (Å²) in [6.07, 6.45) is 4.15. The second-order valence-corrected chi connectivity index (χ2v) is 4.26. The number of carbonyl (C=O) groups is 1. The molecule has 1 saturated heterocycles. The van der Waals surface area contributed by atoms with E-state index in [0.29, 0.717) is 11.7 Å². The molecule has 2 unspecified atom stereocenters. The van der Waals surface area contributed by atoms with Gasteiger partial charge in [0.1, 0.15) is 5.78 Å². The Morgan fingerprint density at radius 1 is 1.46 bits per heavy atom. The molecule has 0 aromatic carbocycles. The molecule has 2 N–H and O–H groups in total. The van der Waals surface area contributed by atoms with Crippen molar-refractivity contribution in [1.29, 1.82) is 0 Å². The lowest BCUT2D eigenvalue weighted by atomic mass is 10.1. The Morgan fingerprint density at radius 2 is 2.31 bits per heavy atom. The molecule has 2 rings (SSSR count). The Hall–Kier alpha value is -0.410. The molecular formula is C10H18N2O. The molecule has 0 spiro atoms. The van der Waals surface area contributed by atoms with E-state index in [4.69, 9.17) is 5.73 Å². The third kappa shape index (κ3) is 1.76. The molecule has 1 heterocycles. The topological polar surface area (TPSA) is 46.3 Å². The lowest BCUT2D eigenvalue weighted by molar-refractivity contribution is -0.121. The van der Waals surface area contributed by atoms with Crippen LogP contribution < -0.4 is 5.73 Å². The van der Waals surface area contributed by atoms with E-state index in [1.165, 1.54) is 6.42 Å². The standard InChI is InChI=1S/C10H18N2O/c11-6-8-4-5-12(7-8)9-2-1-3-10(9)13/h8-9H,1-7,11H2. The summed E-state index contributed by atoms with van der Waals surface area (Å²) >= 11 is 0. The van der Waals surface area contributed by atoms with Crippen LogP contribution in [0.1, 0.15) is 25.7 Å². The number of likely N-dealkylation sites (tertiary alicyclic amines) is 1. The van der Waals surface area contributed by atoms with Crippen LogP contribution in [-0.2, 0) is 4.79 Å². The highest BCUT2D eigenvalue weighted by atomic mass is 16.1. The molecule has 13 heavy (non-hydrogen) atoms. The first-order valence-corrected chi connectivity index (χ1v) is 5.28. The van der Waals surface area contributed by atoms with Gasteiger partial charge in [0.2, 0.25) is 0 Å². The molecule has 1 aliphatic carbocycles. The monoisotopic (exact) mass is 182 g/mol. The van der Waals surface area contributed by atoms with Crippen LogP contribution in [0.15, 0.2) is 0 Å². The third-order valence-electron chi connectivity index (χ3n) is 3.36. The summed E-state index contributed by atoms with van der Waals surface area (Å²) in [6, 6.07) is 0.247. The van der Waals surface area contributed by atoms with Crippen LogP contribution in [0.4, 0.5) is 0 Å². The Kier molecular flexibility index (Phi) is 2.65. The maximum Gasteiger partial charge on any atom is 0.149 e. The fourth-order valence-corrected chi connectivity index (χ4v) is 2.52. The zero-order chi connectivity index (χ0) is 9.26. The van der Waals surface area contributed by atoms with Crippen molar-refractivity contribution >= 4 is 5.78 Å². The molecule has 0 amide bonds. The molecule has 74 valence electrons. The fourth-order valence-electron chi connectivity index (χ4n) is 2.52. The first-order valence-electron chi connectivity index (χ1n) is 5.28. The summed E-state index contributed by atoms with van der Waals surface area (Å²) in [5, 5.41) is 0. The molecular weight excluding hydrogens is 164 g/mol. The van der Waals surface area contributed by atoms with Gasteiger partial charge >= 0.3 is 0 Å². The summed E-state index contributed by atoms with van der Waals surface area (Å²) in [7, 11) is 0. The normalized spacial score (nSPS) is 35.9. The number of Topliss-reactive ketones (excluding diaryl/α,β-unsaturated/α-hetero) is 1. The van der Waals surface area contributed by atoms with Crippen molar-refractivity contribution in [2.45, 2.75) is 31.7 Å². The van der Waals surface area contributed by atoms with Gasteiger partial charge in [0.05, 0.1) is 6.04 Å². The Morgan fingerprint density at radius 3 is 2.85 bits per heavy atom. The molecule has 0 aromatic heterocycles. The van der Waals surface area contributed by atoms with Gasteiger partial charge in [-0.3, -0.25) is 9.69 Å². The van der Waals surface area contributed by atoms with E-state index in [1.54, 1.807) is 0 Å². The predicted molar refractivity (Wildman–Crippen MR) is 51.4 cm³/mol. The summed E-state index contributed by atoms with van der Waals surface area (Å²) in [5.41, 5.74) is 5.62. The van der Waals surface area contributed by atoms with Crippen molar-refractivity contribution in [3.63, 3.8) is 0 Å². The van der Waals surface area contributed by atoms with Crippen LogP contribution in [0.25, 0.3) is 0 Å². The van der Waals surface area contributed by atoms with Crippen molar-refractivity contribution < 1.29 is 4.79 Å². The third-order valence-corrected chi connectivity index (χ3v) is 3.36. The predicted octanol–water partition coefficient (Wildman–Crippen LogP) is 0.389. The summed E-state index contributed by atoms with van der Waals surface area (Å²) in [4.78, 5) is 13.8. The smallest absolute Gasteiger partial charge is 0.149 e. The van der Waals surface area contributed by atoms with Gasteiger partial charge in [-0.15, -0.1) is 0 Å². The molecule has 1 saturated carbocycles. The van der Waals surface area contributed by atoms with Crippen LogP contribution in [0.3, 0.4) is 0 Å². The highest BCUT2D eigenvalue weighted by molar-refractivity contribution is 5.85. The minimum atomic E-state index is 0.247. The summed E-state index contributed by atoms with van der Waals surface area (Å²) < 4.78 is 0.